The summed E-state index contributed by atoms with van der Waals surface area (Å²) in [7, 11) is 1.65. The number of ether oxygens (including phenoxy) is 1. The summed E-state index contributed by atoms with van der Waals surface area (Å²) < 4.78 is 5.09. The van der Waals surface area contributed by atoms with E-state index in [1.54, 1.807) is 7.11 Å². The Morgan fingerprint density at radius 2 is 2.21 bits per heavy atom. The standard InChI is InChI=1S/C15H20ClNO2/c1-19-10-11-5-4-6-12(9-11)14(16)15(18)17-13-7-2-3-8-13/h4-6,9,13-14H,2-3,7-8,10H2,1H3,(H,17,18). The number of carbonyl (C=O) groups excluding carboxylic acids is 1. The van der Waals surface area contributed by atoms with Gasteiger partial charge in [-0.1, -0.05) is 37.1 Å². The van der Waals surface area contributed by atoms with Crippen molar-refractivity contribution in [1.29, 1.82) is 0 Å². The van der Waals surface area contributed by atoms with E-state index in [0.717, 1.165) is 24.0 Å². The third-order valence-electron chi connectivity index (χ3n) is 3.49. The van der Waals surface area contributed by atoms with E-state index in [2.05, 4.69) is 5.32 Å². The first-order valence-electron chi connectivity index (χ1n) is 6.73. The molecule has 1 fully saturated rings. The number of benzene rings is 1. The summed E-state index contributed by atoms with van der Waals surface area (Å²) in [5.41, 5.74) is 1.85. The minimum Gasteiger partial charge on any atom is -0.380 e. The molecule has 0 aromatic heterocycles. The minimum atomic E-state index is -0.627. The molecule has 1 aromatic rings. The van der Waals surface area contributed by atoms with Crippen molar-refractivity contribution in [2.45, 2.75) is 43.7 Å². The zero-order chi connectivity index (χ0) is 13.7. The molecule has 104 valence electrons. The number of hydrogen-bond donors (Lipinski definition) is 1. The highest BCUT2D eigenvalue weighted by Crippen LogP contribution is 2.24. The first-order valence-corrected chi connectivity index (χ1v) is 7.16. The van der Waals surface area contributed by atoms with Crippen molar-refractivity contribution >= 4 is 17.5 Å². The molecule has 4 heteroatoms. The van der Waals surface area contributed by atoms with Crippen LogP contribution in [0.25, 0.3) is 0 Å². The van der Waals surface area contributed by atoms with Crippen molar-refractivity contribution in [2.75, 3.05) is 7.11 Å². The molecule has 19 heavy (non-hydrogen) atoms. The molecule has 0 saturated heterocycles. The lowest BCUT2D eigenvalue weighted by Crippen LogP contribution is -2.34. The molecule has 3 nitrogen and oxygen atoms in total. The van der Waals surface area contributed by atoms with Crippen LogP contribution in [-0.2, 0) is 16.1 Å². The van der Waals surface area contributed by atoms with Gasteiger partial charge in [0.1, 0.15) is 5.38 Å². The van der Waals surface area contributed by atoms with Gasteiger partial charge in [-0.2, -0.15) is 0 Å². The fraction of sp³-hybridized carbons (Fsp3) is 0.533. The third kappa shape index (κ3) is 3.95. The second-order valence-electron chi connectivity index (χ2n) is 5.03. The summed E-state index contributed by atoms with van der Waals surface area (Å²) in [6, 6.07) is 7.98. The predicted molar refractivity (Wildman–Crippen MR) is 76.1 cm³/mol. The van der Waals surface area contributed by atoms with Crippen molar-refractivity contribution in [3.63, 3.8) is 0 Å². The van der Waals surface area contributed by atoms with Crippen LogP contribution in [0.4, 0.5) is 0 Å². The first kappa shape index (κ1) is 14.4. The highest BCUT2D eigenvalue weighted by Gasteiger charge is 2.23. The smallest absolute Gasteiger partial charge is 0.242 e. The van der Waals surface area contributed by atoms with Crippen LogP contribution in [0.1, 0.15) is 42.2 Å². The molecule has 0 heterocycles. The molecule has 1 N–H and O–H groups in total. The third-order valence-corrected chi connectivity index (χ3v) is 3.94. The van der Waals surface area contributed by atoms with Crippen molar-refractivity contribution in [3.8, 4) is 0 Å². The number of hydrogen-bond acceptors (Lipinski definition) is 2. The Kier molecular flexibility index (Phi) is 5.23. The van der Waals surface area contributed by atoms with Gasteiger partial charge >= 0.3 is 0 Å². The van der Waals surface area contributed by atoms with Crippen LogP contribution in [-0.4, -0.2) is 19.1 Å². The number of amides is 1. The summed E-state index contributed by atoms with van der Waals surface area (Å²) in [6.45, 7) is 0.529. The molecule has 0 radical (unpaired) electrons. The number of rotatable bonds is 5. The second kappa shape index (κ2) is 6.92. The average Bonchev–Trinajstić information content (AvgIpc) is 2.91. The molecule has 1 aliphatic rings. The molecular weight excluding hydrogens is 262 g/mol. The van der Waals surface area contributed by atoms with Crippen molar-refractivity contribution in [1.82, 2.24) is 5.32 Å². The van der Waals surface area contributed by atoms with E-state index in [1.165, 1.54) is 12.8 Å². The second-order valence-corrected chi connectivity index (χ2v) is 5.47. The molecule has 1 amide bonds. The van der Waals surface area contributed by atoms with Crippen LogP contribution in [0.2, 0.25) is 0 Å². The van der Waals surface area contributed by atoms with Gasteiger partial charge < -0.3 is 10.1 Å². The average molecular weight is 282 g/mol. The van der Waals surface area contributed by atoms with Gasteiger partial charge in [-0.15, -0.1) is 11.6 Å². The van der Waals surface area contributed by atoms with Crippen LogP contribution in [0.5, 0.6) is 0 Å². The summed E-state index contributed by atoms with van der Waals surface area (Å²) in [5, 5.41) is 2.40. The molecule has 2 rings (SSSR count). The number of alkyl halides is 1. The van der Waals surface area contributed by atoms with Gasteiger partial charge in [-0.25, -0.2) is 0 Å². The number of halogens is 1. The summed E-state index contributed by atoms with van der Waals surface area (Å²) in [6.07, 6.45) is 4.53. The molecule has 0 spiro atoms. The SMILES string of the molecule is COCc1cccc(C(Cl)C(=O)NC2CCCC2)c1. The summed E-state index contributed by atoms with van der Waals surface area (Å²) >= 11 is 6.25. The monoisotopic (exact) mass is 281 g/mol. The Bertz CT molecular complexity index is 430. The maximum absolute atomic E-state index is 12.1. The van der Waals surface area contributed by atoms with E-state index in [1.807, 2.05) is 24.3 Å². The van der Waals surface area contributed by atoms with Crippen LogP contribution in [0, 0.1) is 0 Å². The van der Waals surface area contributed by atoms with Gasteiger partial charge in [0.05, 0.1) is 6.61 Å². The van der Waals surface area contributed by atoms with Gasteiger partial charge in [0.25, 0.3) is 0 Å². The highest BCUT2D eigenvalue weighted by atomic mass is 35.5. The van der Waals surface area contributed by atoms with Gasteiger partial charge in [-0.3, -0.25) is 4.79 Å². The quantitative estimate of drug-likeness (QED) is 0.842. The van der Waals surface area contributed by atoms with Gasteiger partial charge in [0.2, 0.25) is 5.91 Å². The predicted octanol–water partition coefficient (Wildman–Crippen LogP) is 3.17. The molecule has 1 aliphatic carbocycles. The Labute approximate surface area is 119 Å². The fourth-order valence-corrected chi connectivity index (χ4v) is 2.70. The Morgan fingerprint density at radius 3 is 2.89 bits per heavy atom. The first-order chi connectivity index (χ1) is 9.20. The van der Waals surface area contributed by atoms with E-state index >= 15 is 0 Å². The number of methoxy groups -OCH3 is 1. The van der Waals surface area contributed by atoms with E-state index in [9.17, 15) is 4.79 Å². The van der Waals surface area contributed by atoms with Crippen molar-refractivity contribution in [2.24, 2.45) is 0 Å². The van der Waals surface area contributed by atoms with E-state index < -0.39 is 5.38 Å². The Balaban J connectivity index is 1.99. The molecule has 1 unspecified atom stereocenters. The molecule has 1 aromatic carbocycles. The Morgan fingerprint density at radius 1 is 1.47 bits per heavy atom. The molecule has 1 atom stereocenters. The Hall–Kier alpha value is -1.06. The summed E-state index contributed by atoms with van der Waals surface area (Å²) in [5.74, 6) is -0.0943. The molecule has 0 aliphatic heterocycles. The molecular formula is C15H20ClNO2. The molecule has 1 saturated carbocycles. The largest absolute Gasteiger partial charge is 0.380 e. The lowest BCUT2D eigenvalue weighted by Gasteiger charge is -2.16. The number of nitrogens with one attached hydrogen (secondary N) is 1. The van der Waals surface area contributed by atoms with E-state index in [-0.39, 0.29) is 5.91 Å². The normalized spacial score (nSPS) is 17.4. The van der Waals surface area contributed by atoms with Crippen LogP contribution in [0.3, 0.4) is 0 Å². The number of carbonyl (C=O) groups is 1. The van der Waals surface area contributed by atoms with Crippen LogP contribution in [0.15, 0.2) is 24.3 Å². The van der Waals surface area contributed by atoms with E-state index in [0.29, 0.717) is 12.6 Å². The zero-order valence-corrected chi connectivity index (χ0v) is 12.0. The topological polar surface area (TPSA) is 38.3 Å². The minimum absolute atomic E-state index is 0.0943. The summed E-state index contributed by atoms with van der Waals surface area (Å²) in [4.78, 5) is 12.1. The lowest BCUT2D eigenvalue weighted by atomic mass is 10.1. The lowest BCUT2D eigenvalue weighted by molar-refractivity contribution is -0.121. The van der Waals surface area contributed by atoms with Crippen LogP contribution < -0.4 is 5.32 Å². The zero-order valence-electron chi connectivity index (χ0n) is 11.2. The highest BCUT2D eigenvalue weighted by molar-refractivity contribution is 6.30. The molecule has 0 bridgehead atoms. The van der Waals surface area contributed by atoms with Gasteiger partial charge in [-0.05, 0) is 24.0 Å². The van der Waals surface area contributed by atoms with Gasteiger partial charge in [0.15, 0.2) is 0 Å². The van der Waals surface area contributed by atoms with Crippen LogP contribution >= 0.6 is 11.6 Å². The van der Waals surface area contributed by atoms with E-state index in [4.69, 9.17) is 16.3 Å². The maximum atomic E-state index is 12.1. The maximum Gasteiger partial charge on any atom is 0.242 e. The fourth-order valence-electron chi connectivity index (χ4n) is 2.50. The van der Waals surface area contributed by atoms with Crippen molar-refractivity contribution in [3.05, 3.63) is 35.4 Å². The van der Waals surface area contributed by atoms with Crippen molar-refractivity contribution < 1.29 is 9.53 Å². The van der Waals surface area contributed by atoms with Gasteiger partial charge in [0, 0.05) is 13.2 Å².